The van der Waals surface area contributed by atoms with E-state index < -0.39 is 0 Å². The number of anilines is 4. The largest absolute Gasteiger partial charge is 0.495 e. The second-order valence-corrected chi connectivity index (χ2v) is 8.75. The van der Waals surface area contributed by atoms with Crippen molar-refractivity contribution in [2.45, 2.75) is 6.92 Å². The molecule has 3 N–H and O–H groups in total. The number of amides is 1. The van der Waals surface area contributed by atoms with Crippen molar-refractivity contribution >= 4 is 62.9 Å². The Bertz CT molecular complexity index is 1500. The molecular weight excluding hydrogens is 513 g/mol. The van der Waals surface area contributed by atoms with Gasteiger partial charge in [0.1, 0.15) is 23.1 Å². The summed E-state index contributed by atoms with van der Waals surface area (Å²) in [5.74, 6) is 1.70. The topological polar surface area (TPSA) is 97.4 Å². The minimum absolute atomic E-state index is 0.305. The summed E-state index contributed by atoms with van der Waals surface area (Å²) in [7, 11) is 4.82. The summed E-state index contributed by atoms with van der Waals surface area (Å²) in [6, 6.07) is 11.0. The van der Waals surface area contributed by atoms with E-state index in [0.29, 0.717) is 50.1 Å². The normalized spacial score (nSPS) is 10.6. The molecule has 0 atom stereocenters. The van der Waals surface area contributed by atoms with Crippen molar-refractivity contribution in [3.05, 3.63) is 70.9 Å². The molecule has 0 bridgehead atoms. The molecule has 10 heteroatoms. The molecule has 8 nitrogen and oxygen atoms in total. The van der Waals surface area contributed by atoms with E-state index in [0.717, 1.165) is 22.0 Å². The van der Waals surface area contributed by atoms with Crippen LogP contribution in [0.3, 0.4) is 0 Å². The maximum atomic E-state index is 11.9. The first kappa shape index (κ1) is 26.1. The zero-order valence-corrected chi connectivity index (χ0v) is 22.2. The molecule has 2 aromatic heterocycles. The van der Waals surface area contributed by atoms with Crippen molar-refractivity contribution in [1.29, 1.82) is 0 Å². The van der Waals surface area contributed by atoms with Gasteiger partial charge in [0.05, 0.1) is 41.3 Å². The van der Waals surface area contributed by atoms with Gasteiger partial charge in [0.25, 0.3) is 0 Å². The fraction of sp³-hybridized carbons (Fsp3) is 0.148. The molecule has 0 unspecified atom stereocenters. The van der Waals surface area contributed by atoms with Crippen molar-refractivity contribution in [1.82, 2.24) is 9.97 Å². The molecule has 0 radical (unpaired) electrons. The predicted molar refractivity (Wildman–Crippen MR) is 151 cm³/mol. The van der Waals surface area contributed by atoms with E-state index in [1.165, 1.54) is 20.3 Å². The van der Waals surface area contributed by atoms with E-state index in [2.05, 4.69) is 27.5 Å². The molecule has 4 aromatic rings. The number of carbonyl (C=O) groups is 1. The van der Waals surface area contributed by atoms with Crippen molar-refractivity contribution in [3.8, 4) is 22.8 Å². The Morgan fingerprint density at radius 3 is 2.41 bits per heavy atom. The number of halogens is 2. The molecular formula is C27H25Cl2N5O3. The number of aromatic nitrogens is 2. The first-order valence-corrected chi connectivity index (χ1v) is 12.0. The average molecular weight is 538 g/mol. The number of methoxy groups -OCH3 is 2. The van der Waals surface area contributed by atoms with Crippen molar-refractivity contribution in [3.63, 3.8) is 0 Å². The van der Waals surface area contributed by atoms with Crippen molar-refractivity contribution in [2.75, 3.05) is 37.2 Å². The lowest BCUT2D eigenvalue weighted by atomic mass is 10.1. The number of hydrogen-bond acceptors (Lipinski definition) is 7. The fourth-order valence-electron chi connectivity index (χ4n) is 3.89. The van der Waals surface area contributed by atoms with Crippen LogP contribution in [0, 0.1) is 6.92 Å². The van der Waals surface area contributed by atoms with Gasteiger partial charge in [-0.1, -0.05) is 41.9 Å². The Kier molecular flexibility index (Phi) is 7.71. The van der Waals surface area contributed by atoms with Gasteiger partial charge >= 0.3 is 0 Å². The van der Waals surface area contributed by atoms with Gasteiger partial charge in [-0.05, 0) is 36.8 Å². The minimum Gasteiger partial charge on any atom is -0.495 e. The lowest BCUT2D eigenvalue weighted by Gasteiger charge is -2.17. The third-order valence-electron chi connectivity index (χ3n) is 5.75. The van der Waals surface area contributed by atoms with Crippen molar-refractivity contribution < 1.29 is 14.3 Å². The summed E-state index contributed by atoms with van der Waals surface area (Å²) in [5.41, 5.74) is 3.29. The number of carbonyl (C=O) groups excluding carboxylic acids is 1. The summed E-state index contributed by atoms with van der Waals surface area (Å²) < 4.78 is 10.8. The smallest absolute Gasteiger partial charge is 0.247 e. The Morgan fingerprint density at radius 2 is 1.78 bits per heavy atom. The van der Waals surface area contributed by atoms with Gasteiger partial charge in [-0.15, -0.1) is 0 Å². The van der Waals surface area contributed by atoms with Gasteiger partial charge in [0.2, 0.25) is 5.91 Å². The van der Waals surface area contributed by atoms with E-state index in [-0.39, 0.29) is 5.91 Å². The number of ether oxygens (including phenoxy) is 2. The number of hydrogen-bond donors (Lipinski definition) is 3. The Balaban J connectivity index is 1.81. The van der Waals surface area contributed by atoms with Gasteiger partial charge in [0.15, 0.2) is 0 Å². The van der Waals surface area contributed by atoms with E-state index in [1.54, 1.807) is 25.4 Å². The molecule has 0 aliphatic rings. The van der Waals surface area contributed by atoms with Gasteiger partial charge in [0, 0.05) is 35.6 Å². The van der Waals surface area contributed by atoms with E-state index in [9.17, 15) is 4.79 Å². The first-order chi connectivity index (χ1) is 17.8. The van der Waals surface area contributed by atoms with E-state index in [1.807, 2.05) is 31.2 Å². The van der Waals surface area contributed by atoms with Crippen LogP contribution in [0.4, 0.5) is 23.0 Å². The third kappa shape index (κ3) is 5.12. The molecule has 0 aliphatic carbocycles. The summed E-state index contributed by atoms with van der Waals surface area (Å²) in [4.78, 5) is 21.3. The van der Waals surface area contributed by atoms with Crippen LogP contribution in [0.15, 0.2) is 55.3 Å². The van der Waals surface area contributed by atoms with Crippen LogP contribution in [0.25, 0.3) is 22.0 Å². The molecule has 2 heterocycles. The van der Waals surface area contributed by atoms with Crippen LogP contribution in [-0.4, -0.2) is 37.1 Å². The highest BCUT2D eigenvalue weighted by Crippen LogP contribution is 2.46. The SMILES string of the molecule is C=CC(=O)Nc1cccc(C)c1Nc1cc2c(NC)nc(-c3c(Cl)c(OC)cc(OC)c3Cl)cc2cn1. The van der Waals surface area contributed by atoms with Gasteiger partial charge < -0.3 is 25.4 Å². The molecule has 0 aliphatic heterocycles. The molecule has 190 valence electrons. The summed E-state index contributed by atoms with van der Waals surface area (Å²) in [5, 5.41) is 11.5. The third-order valence-corrected chi connectivity index (χ3v) is 6.50. The Morgan fingerprint density at radius 1 is 1.08 bits per heavy atom. The number of fused-ring (bicyclic) bond motifs is 1. The first-order valence-electron chi connectivity index (χ1n) is 11.2. The quantitative estimate of drug-likeness (QED) is 0.211. The van der Waals surface area contributed by atoms with Crippen LogP contribution in [-0.2, 0) is 4.79 Å². The monoisotopic (exact) mass is 537 g/mol. The summed E-state index contributed by atoms with van der Waals surface area (Å²) in [6.07, 6.45) is 2.95. The van der Waals surface area contributed by atoms with Gasteiger partial charge in [-0.25, -0.2) is 9.97 Å². The number of pyridine rings is 2. The zero-order chi connectivity index (χ0) is 26.7. The second-order valence-electron chi connectivity index (χ2n) is 8.00. The zero-order valence-electron chi connectivity index (χ0n) is 20.7. The highest BCUT2D eigenvalue weighted by atomic mass is 35.5. The number of nitrogens with zero attached hydrogens (tertiary/aromatic N) is 2. The lowest BCUT2D eigenvalue weighted by Crippen LogP contribution is -2.10. The predicted octanol–water partition coefficient (Wildman–Crippen LogP) is 6.84. The molecule has 0 saturated carbocycles. The minimum atomic E-state index is -0.305. The van der Waals surface area contributed by atoms with Crippen molar-refractivity contribution in [2.24, 2.45) is 0 Å². The Labute approximate surface area is 224 Å². The average Bonchev–Trinajstić information content (AvgIpc) is 2.90. The maximum Gasteiger partial charge on any atom is 0.247 e. The van der Waals surface area contributed by atoms with Crippen LogP contribution in [0.5, 0.6) is 11.5 Å². The number of aryl methyl sites for hydroxylation is 1. The number of para-hydroxylation sites is 1. The van der Waals surface area contributed by atoms with Gasteiger partial charge in [-0.2, -0.15) is 0 Å². The molecule has 0 spiro atoms. The van der Waals surface area contributed by atoms with Crippen LogP contribution < -0.4 is 25.4 Å². The van der Waals surface area contributed by atoms with Crippen LogP contribution in [0.1, 0.15) is 5.56 Å². The lowest BCUT2D eigenvalue weighted by molar-refractivity contribution is -0.111. The summed E-state index contributed by atoms with van der Waals surface area (Å²) >= 11 is 13.3. The number of benzene rings is 2. The number of rotatable bonds is 8. The van der Waals surface area contributed by atoms with Gasteiger partial charge in [-0.3, -0.25) is 4.79 Å². The van der Waals surface area contributed by atoms with Crippen LogP contribution in [0.2, 0.25) is 10.0 Å². The highest BCUT2D eigenvalue weighted by Gasteiger charge is 2.21. The Hall–Kier alpha value is -4.01. The summed E-state index contributed by atoms with van der Waals surface area (Å²) in [6.45, 7) is 5.46. The maximum absolute atomic E-state index is 11.9. The standard InChI is InChI=1S/C27H25Cl2N5O3/c1-6-22(35)32-17-9-7-8-14(2)26(17)34-21-11-16-15(13-31-21)10-18(33-27(16)30-3)23-24(28)19(36-4)12-20(37-5)25(23)29/h6-13H,1H2,2-5H3,(H,30,33)(H,31,34)(H,32,35). The molecule has 1 amide bonds. The second kappa shape index (κ2) is 10.9. The number of nitrogens with one attached hydrogen (secondary N) is 3. The fourth-order valence-corrected chi connectivity index (χ4v) is 4.59. The molecule has 0 fully saturated rings. The molecule has 2 aromatic carbocycles. The van der Waals surface area contributed by atoms with E-state index in [4.69, 9.17) is 37.7 Å². The molecule has 0 saturated heterocycles. The van der Waals surface area contributed by atoms with Crippen LogP contribution >= 0.6 is 23.2 Å². The van der Waals surface area contributed by atoms with E-state index >= 15 is 0 Å². The molecule has 37 heavy (non-hydrogen) atoms. The molecule has 4 rings (SSSR count). The highest BCUT2D eigenvalue weighted by molar-refractivity contribution is 6.41.